The Bertz CT molecular complexity index is 560. The van der Waals surface area contributed by atoms with Crippen molar-refractivity contribution in [2.24, 2.45) is 0 Å². The van der Waals surface area contributed by atoms with Gasteiger partial charge in [0.05, 0.1) is 12.5 Å². The van der Waals surface area contributed by atoms with Gasteiger partial charge in [-0.3, -0.25) is 0 Å². The molecule has 0 heterocycles. The van der Waals surface area contributed by atoms with Gasteiger partial charge in [-0.1, -0.05) is 35.9 Å². The molecule has 2 rings (SSSR count). The first kappa shape index (κ1) is 14.9. The molecule has 1 unspecified atom stereocenters. The Labute approximate surface area is 126 Å². The molecular formula is C18H21ClO. The Kier molecular flexibility index (Phi) is 5.08. The molecule has 2 heteroatoms. The highest BCUT2D eigenvalue weighted by Crippen LogP contribution is 2.29. The number of ether oxygens (including phenoxy) is 1. The van der Waals surface area contributed by atoms with Gasteiger partial charge in [-0.15, -0.1) is 11.6 Å². The third-order valence-electron chi connectivity index (χ3n) is 3.61. The van der Waals surface area contributed by atoms with Gasteiger partial charge in [-0.2, -0.15) is 0 Å². The molecule has 0 bridgehead atoms. The summed E-state index contributed by atoms with van der Waals surface area (Å²) in [5, 5.41) is 0.0673. The Morgan fingerprint density at radius 3 is 2.35 bits per heavy atom. The zero-order valence-electron chi connectivity index (χ0n) is 12.3. The molecule has 2 aromatic rings. The highest BCUT2D eigenvalue weighted by Gasteiger charge is 2.10. The number of rotatable bonds is 5. The van der Waals surface area contributed by atoms with Crippen LogP contribution >= 0.6 is 11.6 Å². The van der Waals surface area contributed by atoms with Gasteiger partial charge >= 0.3 is 0 Å². The van der Waals surface area contributed by atoms with Crippen molar-refractivity contribution in [2.45, 2.75) is 32.1 Å². The smallest absolute Gasteiger partial charge is 0.118 e. The standard InChI is InChI=1S/C18H21ClO/c1-13-4-10-17(14(2)12-13)18(19)11-7-15-5-8-16(20-3)9-6-15/h4-6,8-10,12,18H,7,11H2,1-3H3. The van der Waals surface area contributed by atoms with E-state index in [1.54, 1.807) is 7.11 Å². The first-order valence-corrected chi connectivity index (χ1v) is 7.38. The third-order valence-corrected chi connectivity index (χ3v) is 4.06. The van der Waals surface area contributed by atoms with Crippen molar-refractivity contribution in [3.8, 4) is 5.75 Å². The number of hydrogen-bond donors (Lipinski definition) is 0. The minimum absolute atomic E-state index is 0.0673. The minimum Gasteiger partial charge on any atom is -0.497 e. The Morgan fingerprint density at radius 2 is 1.75 bits per heavy atom. The van der Waals surface area contributed by atoms with Gasteiger partial charge in [0, 0.05) is 0 Å². The lowest BCUT2D eigenvalue weighted by molar-refractivity contribution is 0.414. The van der Waals surface area contributed by atoms with E-state index in [2.05, 4.69) is 44.2 Å². The lowest BCUT2D eigenvalue weighted by atomic mass is 9.98. The van der Waals surface area contributed by atoms with E-state index in [-0.39, 0.29) is 5.38 Å². The number of alkyl halides is 1. The van der Waals surface area contributed by atoms with Gasteiger partial charge < -0.3 is 4.74 Å². The van der Waals surface area contributed by atoms with Crippen molar-refractivity contribution in [3.63, 3.8) is 0 Å². The average Bonchev–Trinajstić information content (AvgIpc) is 2.45. The van der Waals surface area contributed by atoms with E-state index in [0.717, 1.165) is 18.6 Å². The fraction of sp³-hybridized carbons (Fsp3) is 0.333. The molecular weight excluding hydrogens is 268 g/mol. The van der Waals surface area contributed by atoms with Crippen LogP contribution in [0.4, 0.5) is 0 Å². The zero-order valence-corrected chi connectivity index (χ0v) is 13.1. The maximum atomic E-state index is 6.55. The first-order valence-electron chi connectivity index (χ1n) is 6.94. The summed E-state index contributed by atoms with van der Waals surface area (Å²) in [4.78, 5) is 0. The zero-order chi connectivity index (χ0) is 14.5. The molecule has 0 saturated heterocycles. The number of halogens is 1. The summed E-state index contributed by atoms with van der Waals surface area (Å²) >= 11 is 6.55. The monoisotopic (exact) mass is 288 g/mol. The van der Waals surface area contributed by atoms with Gasteiger partial charge in [0.1, 0.15) is 5.75 Å². The van der Waals surface area contributed by atoms with Crippen LogP contribution in [0.5, 0.6) is 5.75 Å². The fourth-order valence-corrected chi connectivity index (χ4v) is 2.77. The third kappa shape index (κ3) is 3.77. The van der Waals surface area contributed by atoms with Crippen LogP contribution in [0, 0.1) is 13.8 Å². The maximum Gasteiger partial charge on any atom is 0.118 e. The normalized spacial score (nSPS) is 12.2. The molecule has 0 aliphatic carbocycles. The summed E-state index contributed by atoms with van der Waals surface area (Å²) in [6.07, 6.45) is 1.92. The Hall–Kier alpha value is -1.47. The molecule has 0 saturated carbocycles. The second-order valence-corrected chi connectivity index (χ2v) is 5.74. The summed E-state index contributed by atoms with van der Waals surface area (Å²) in [6.45, 7) is 4.24. The maximum absolute atomic E-state index is 6.55. The van der Waals surface area contributed by atoms with Gasteiger partial charge in [0.25, 0.3) is 0 Å². The topological polar surface area (TPSA) is 9.23 Å². The van der Waals surface area contributed by atoms with Crippen LogP contribution in [-0.4, -0.2) is 7.11 Å². The van der Waals surface area contributed by atoms with E-state index in [9.17, 15) is 0 Å². The number of methoxy groups -OCH3 is 1. The molecule has 0 radical (unpaired) electrons. The van der Waals surface area contributed by atoms with E-state index >= 15 is 0 Å². The van der Waals surface area contributed by atoms with Crippen molar-refractivity contribution < 1.29 is 4.74 Å². The van der Waals surface area contributed by atoms with E-state index in [0.29, 0.717) is 0 Å². The van der Waals surface area contributed by atoms with E-state index in [1.807, 2.05) is 12.1 Å². The van der Waals surface area contributed by atoms with Gasteiger partial charge in [0.15, 0.2) is 0 Å². The van der Waals surface area contributed by atoms with E-state index < -0.39 is 0 Å². The van der Waals surface area contributed by atoms with Crippen LogP contribution in [0.25, 0.3) is 0 Å². The van der Waals surface area contributed by atoms with Crippen LogP contribution in [-0.2, 0) is 6.42 Å². The van der Waals surface area contributed by atoms with E-state index in [4.69, 9.17) is 16.3 Å². The van der Waals surface area contributed by atoms with Crippen LogP contribution in [0.15, 0.2) is 42.5 Å². The summed E-state index contributed by atoms with van der Waals surface area (Å²) in [5.74, 6) is 0.894. The highest BCUT2D eigenvalue weighted by molar-refractivity contribution is 6.20. The predicted molar refractivity (Wildman–Crippen MR) is 85.8 cm³/mol. The summed E-state index contributed by atoms with van der Waals surface area (Å²) in [5.41, 5.74) is 5.09. The SMILES string of the molecule is COc1ccc(CCC(Cl)c2ccc(C)cc2C)cc1. The fourth-order valence-electron chi connectivity index (χ4n) is 2.42. The average molecular weight is 289 g/mol. The number of hydrogen-bond acceptors (Lipinski definition) is 1. The van der Waals surface area contributed by atoms with Crippen molar-refractivity contribution in [1.29, 1.82) is 0 Å². The summed E-state index contributed by atoms with van der Waals surface area (Å²) < 4.78 is 5.16. The largest absolute Gasteiger partial charge is 0.497 e. The van der Waals surface area contributed by atoms with Crippen LogP contribution in [0.3, 0.4) is 0 Å². The van der Waals surface area contributed by atoms with Crippen molar-refractivity contribution in [3.05, 3.63) is 64.7 Å². The van der Waals surface area contributed by atoms with Crippen molar-refractivity contribution in [1.82, 2.24) is 0 Å². The minimum atomic E-state index is 0.0673. The van der Waals surface area contributed by atoms with Gasteiger partial charge in [-0.25, -0.2) is 0 Å². The molecule has 2 aromatic carbocycles. The predicted octanol–water partition coefficient (Wildman–Crippen LogP) is 5.22. The Morgan fingerprint density at radius 1 is 1.05 bits per heavy atom. The molecule has 0 fully saturated rings. The van der Waals surface area contributed by atoms with Gasteiger partial charge in [-0.05, 0) is 55.5 Å². The molecule has 0 aliphatic rings. The number of benzene rings is 2. The molecule has 1 nitrogen and oxygen atoms in total. The van der Waals surface area contributed by atoms with Crippen molar-refractivity contribution >= 4 is 11.6 Å². The van der Waals surface area contributed by atoms with Gasteiger partial charge in [0.2, 0.25) is 0 Å². The summed E-state index contributed by atoms with van der Waals surface area (Å²) in [6, 6.07) is 14.7. The lowest BCUT2D eigenvalue weighted by Gasteiger charge is -2.13. The lowest BCUT2D eigenvalue weighted by Crippen LogP contribution is -1.97. The van der Waals surface area contributed by atoms with Crippen LogP contribution < -0.4 is 4.74 Å². The molecule has 0 spiro atoms. The van der Waals surface area contributed by atoms with Crippen molar-refractivity contribution in [2.75, 3.05) is 7.11 Å². The Balaban J connectivity index is 1.98. The molecule has 0 aliphatic heterocycles. The van der Waals surface area contributed by atoms with Crippen LogP contribution in [0.1, 0.15) is 34.1 Å². The number of aryl methyl sites for hydroxylation is 3. The first-order chi connectivity index (χ1) is 9.60. The molecule has 0 N–H and O–H groups in total. The molecule has 0 aromatic heterocycles. The molecule has 20 heavy (non-hydrogen) atoms. The summed E-state index contributed by atoms with van der Waals surface area (Å²) in [7, 11) is 1.68. The molecule has 106 valence electrons. The highest BCUT2D eigenvalue weighted by atomic mass is 35.5. The van der Waals surface area contributed by atoms with Crippen LogP contribution in [0.2, 0.25) is 0 Å². The second-order valence-electron chi connectivity index (χ2n) is 5.21. The molecule has 0 amide bonds. The second kappa shape index (κ2) is 6.81. The van der Waals surface area contributed by atoms with E-state index in [1.165, 1.54) is 22.3 Å². The quantitative estimate of drug-likeness (QED) is 0.685. The molecule has 1 atom stereocenters.